The van der Waals surface area contributed by atoms with E-state index in [1.807, 2.05) is 6.92 Å². The van der Waals surface area contributed by atoms with E-state index in [2.05, 4.69) is 10.5 Å². The topological polar surface area (TPSA) is 122 Å². The van der Waals surface area contributed by atoms with Gasteiger partial charge in [0.2, 0.25) is 0 Å². The molecule has 2 bridgehead atoms. The van der Waals surface area contributed by atoms with Crippen LogP contribution in [0.25, 0.3) is 0 Å². The van der Waals surface area contributed by atoms with E-state index in [0.29, 0.717) is 51.0 Å². The number of hydrogen-bond acceptors (Lipinski definition) is 6. The van der Waals surface area contributed by atoms with Crippen molar-refractivity contribution in [2.45, 2.75) is 76.0 Å². The zero-order valence-electron chi connectivity index (χ0n) is 16.2. The highest BCUT2D eigenvalue weighted by Gasteiger charge is 2.49. The van der Waals surface area contributed by atoms with Gasteiger partial charge in [0.05, 0.1) is 0 Å². The zero-order chi connectivity index (χ0) is 19.9. The molecule has 4 rings (SSSR count). The first-order chi connectivity index (χ1) is 13.4. The maximum atomic E-state index is 13.2. The highest BCUT2D eigenvalue weighted by atomic mass is 32.2. The number of hydrogen-bond donors (Lipinski definition) is 2. The van der Waals surface area contributed by atoms with Crippen LogP contribution in [0.15, 0.2) is 10.6 Å². The Bertz CT molecular complexity index is 804. The fourth-order valence-corrected chi connectivity index (χ4v) is 6.79. The number of amides is 1. The Balaban J connectivity index is 1.41. The molecule has 1 aromatic heterocycles. The van der Waals surface area contributed by atoms with Crippen LogP contribution in [0, 0.1) is 0 Å². The summed E-state index contributed by atoms with van der Waals surface area (Å²) in [6, 6.07) is 1.58. The van der Waals surface area contributed by atoms with Gasteiger partial charge < -0.3 is 15.6 Å². The second-order valence-electron chi connectivity index (χ2n) is 8.13. The summed E-state index contributed by atoms with van der Waals surface area (Å²) in [4.78, 5) is 12.4. The molecule has 3 saturated heterocycles. The Morgan fingerprint density at radius 3 is 2.46 bits per heavy atom. The number of carbonyl (C=O) groups is 1. The van der Waals surface area contributed by atoms with Gasteiger partial charge in [-0.2, -0.15) is 17.0 Å². The van der Waals surface area contributed by atoms with Crippen LogP contribution in [0.4, 0.5) is 0 Å². The van der Waals surface area contributed by atoms with Crippen molar-refractivity contribution < 1.29 is 17.7 Å². The molecule has 9 nitrogen and oxygen atoms in total. The summed E-state index contributed by atoms with van der Waals surface area (Å²) in [5.41, 5.74) is 6.20. The van der Waals surface area contributed by atoms with Gasteiger partial charge >= 0.3 is 0 Å². The summed E-state index contributed by atoms with van der Waals surface area (Å²) in [6.45, 7) is 2.92. The Morgan fingerprint density at radius 1 is 1.25 bits per heavy atom. The molecule has 1 amide bonds. The van der Waals surface area contributed by atoms with E-state index in [1.54, 1.807) is 14.7 Å². The van der Waals surface area contributed by atoms with Gasteiger partial charge in [-0.05, 0) is 38.5 Å². The molecule has 1 aromatic rings. The number of rotatable bonds is 5. The number of fused-ring (bicyclic) bond motifs is 2. The minimum absolute atomic E-state index is 0.0481. The molecule has 10 heteroatoms. The predicted molar refractivity (Wildman–Crippen MR) is 103 cm³/mol. The lowest BCUT2D eigenvalue weighted by atomic mass is 9.99. The second-order valence-corrected chi connectivity index (χ2v) is 9.97. The van der Waals surface area contributed by atoms with Gasteiger partial charge in [0.25, 0.3) is 16.1 Å². The lowest BCUT2D eigenvalue weighted by Gasteiger charge is -2.41. The number of nitrogens with zero attached hydrogens (tertiary/aromatic N) is 3. The Kier molecular flexibility index (Phi) is 5.47. The van der Waals surface area contributed by atoms with Crippen LogP contribution < -0.4 is 11.1 Å². The molecule has 3 fully saturated rings. The van der Waals surface area contributed by atoms with E-state index in [0.717, 1.165) is 12.8 Å². The fourth-order valence-electron chi connectivity index (χ4n) is 4.71. The number of aryl methyl sites for hydroxylation is 1. The number of nitrogens with one attached hydrogen (secondary N) is 1. The van der Waals surface area contributed by atoms with Crippen molar-refractivity contribution in [2.24, 2.45) is 5.73 Å². The number of aromatic nitrogens is 1. The second kappa shape index (κ2) is 7.74. The van der Waals surface area contributed by atoms with Crippen molar-refractivity contribution >= 4 is 16.1 Å². The van der Waals surface area contributed by atoms with Gasteiger partial charge in [-0.1, -0.05) is 12.1 Å². The Labute approximate surface area is 165 Å². The predicted octanol–water partition coefficient (Wildman–Crippen LogP) is 0.630. The standard InChI is InChI=1S/C18H29N5O4S/c1-2-16-11-17(21-27-16)18(24)20-13-9-14-3-4-15(10-13)23(14)28(25,26)22-7-5-12(19)6-8-22/h11-15H,2-10,19H2,1H3,(H,20,24)/t13-,14+,15-. The number of carbonyl (C=O) groups excluding carboxylic acids is 1. The lowest BCUT2D eigenvalue weighted by Crippen LogP contribution is -2.57. The summed E-state index contributed by atoms with van der Waals surface area (Å²) in [5, 5.41) is 6.84. The normalized spacial score (nSPS) is 29.9. The van der Waals surface area contributed by atoms with Gasteiger partial charge in [0.1, 0.15) is 5.76 Å². The molecule has 0 unspecified atom stereocenters. The molecule has 3 atom stereocenters. The molecule has 4 heterocycles. The van der Waals surface area contributed by atoms with E-state index < -0.39 is 10.2 Å². The number of piperidine rings is 2. The third kappa shape index (κ3) is 3.70. The van der Waals surface area contributed by atoms with Gasteiger partial charge in [0.15, 0.2) is 5.69 Å². The molecule has 0 aromatic carbocycles. The monoisotopic (exact) mass is 411 g/mol. The molecule has 0 aliphatic carbocycles. The van der Waals surface area contributed by atoms with Crippen molar-refractivity contribution in [3.05, 3.63) is 17.5 Å². The maximum absolute atomic E-state index is 13.2. The fraction of sp³-hybridized carbons (Fsp3) is 0.778. The van der Waals surface area contributed by atoms with Gasteiger partial charge in [-0.25, -0.2) is 0 Å². The van der Waals surface area contributed by atoms with E-state index in [-0.39, 0.29) is 35.8 Å². The number of nitrogens with two attached hydrogens (primary N) is 1. The molecule has 3 aliphatic rings. The van der Waals surface area contributed by atoms with Crippen LogP contribution in [-0.2, 0) is 16.6 Å². The van der Waals surface area contributed by atoms with Gasteiger partial charge in [-0.3, -0.25) is 4.79 Å². The van der Waals surface area contributed by atoms with Crippen molar-refractivity contribution in [3.8, 4) is 0 Å². The largest absolute Gasteiger partial charge is 0.361 e. The van der Waals surface area contributed by atoms with Crippen LogP contribution in [0.5, 0.6) is 0 Å². The third-order valence-corrected chi connectivity index (χ3v) is 8.38. The quantitative estimate of drug-likeness (QED) is 0.733. The minimum Gasteiger partial charge on any atom is -0.361 e. The molecule has 156 valence electrons. The summed E-state index contributed by atoms with van der Waals surface area (Å²) in [7, 11) is -3.48. The summed E-state index contributed by atoms with van der Waals surface area (Å²) >= 11 is 0. The Morgan fingerprint density at radius 2 is 1.89 bits per heavy atom. The van der Waals surface area contributed by atoms with E-state index in [1.165, 1.54) is 0 Å². The molecular weight excluding hydrogens is 382 g/mol. The molecule has 0 spiro atoms. The average Bonchev–Trinajstić information content (AvgIpc) is 3.25. The first-order valence-corrected chi connectivity index (χ1v) is 11.6. The van der Waals surface area contributed by atoms with Crippen LogP contribution in [0.1, 0.15) is 61.7 Å². The minimum atomic E-state index is -3.48. The van der Waals surface area contributed by atoms with E-state index in [4.69, 9.17) is 10.3 Å². The van der Waals surface area contributed by atoms with Crippen LogP contribution in [0.3, 0.4) is 0 Å². The van der Waals surface area contributed by atoms with E-state index >= 15 is 0 Å². The average molecular weight is 412 g/mol. The Hall–Kier alpha value is -1.49. The third-order valence-electron chi connectivity index (χ3n) is 6.23. The van der Waals surface area contributed by atoms with Gasteiger partial charge in [0, 0.05) is 49.7 Å². The van der Waals surface area contributed by atoms with Gasteiger partial charge in [-0.15, -0.1) is 0 Å². The molecule has 28 heavy (non-hydrogen) atoms. The van der Waals surface area contributed by atoms with Crippen LogP contribution >= 0.6 is 0 Å². The van der Waals surface area contributed by atoms with Crippen LogP contribution in [0.2, 0.25) is 0 Å². The van der Waals surface area contributed by atoms with Crippen molar-refractivity contribution in [1.29, 1.82) is 0 Å². The molecule has 0 saturated carbocycles. The van der Waals surface area contributed by atoms with Crippen molar-refractivity contribution in [3.63, 3.8) is 0 Å². The SMILES string of the molecule is CCc1cc(C(=O)N[C@H]2C[C@H]3CC[C@@H](C2)N3S(=O)(=O)N2CCC(N)CC2)no1. The first-order valence-electron chi connectivity index (χ1n) is 10.2. The first kappa shape index (κ1) is 19.8. The van der Waals surface area contributed by atoms with Crippen molar-refractivity contribution in [2.75, 3.05) is 13.1 Å². The van der Waals surface area contributed by atoms with Crippen molar-refractivity contribution in [1.82, 2.24) is 19.1 Å². The smallest absolute Gasteiger partial charge is 0.282 e. The molecule has 3 aliphatic heterocycles. The maximum Gasteiger partial charge on any atom is 0.282 e. The molecular formula is C18H29N5O4S. The zero-order valence-corrected chi connectivity index (χ0v) is 17.0. The highest BCUT2D eigenvalue weighted by Crippen LogP contribution is 2.39. The lowest BCUT2D eigenvalue weighted by molar-refractivity contribution is 0.0897. The summed E-state index contributed by atoms with van der Waals surface area (Å²) in [6.07, 6.45) is 5.04. The van der Waals surface area contributed by atoms with E-state index in [9.17, 15) is 13.2 Å². The molecule has 3 N–H and O–H groups in total. The summed E-state index contributed by atoms with van der Waals surface area (Å²) < 4.78 is 34.8. The summed E-state index contributed by atoms with van der Waals surface area (Å²) in [5.74, 6) is 0.418. The molecule has 0 radical (unpaired) electrons. The highest BCUT2D eigenvalue weighted by molar-refractivity contribution is 7.86. The van der Waals surface area contributed by atoms with Crippen LogP contribution in [-0.4, -0.2) is 65.3 Å².